The monoisotopic (exact) mass is 334 g/mol. The number of hydrogen-bond acceptors (Lipinski definition) is 6. The van der Waals surface area contributed by atoms with Gasteiger partial charge in [0.15, 0.2) is 11.5 Å². The number of ether oxygens (including phenoxy) is 4. The van der Waals surface area contributed by atoms with Gasteiger partial charge in [0.05, 0.1) is 13.7 Å². The summed E-state index contributed by atoms with van der Waals surface area (Å²) >= 11 is 0. The lowest BCUT2D eigenvalue weighted by Crippen LogP contribution is -2.41. The molecule has 0 bridgehead atoms. The van der Waals surface area contributed by atoms with Gasteiger partial charge in [-0.1, -0.05) is 19.4 Å². The van der Waals surface area contributed by atoms with Crippen LogP contribution in [0.25, 0.3) is 6.08 Å². The van der Waals surface area contributed by atoms with E-state index in [1.54, 1.807) is 25.3 Å². The first-order chi connectivity index (χ1) is 11.4. The fourth-order valence-electron chi connectivity index (χ4n) is 2.17. The summed E-state index contributed by atoms with van der Waals surface area (Å²) in [5.74, 6) is -1.53. The smallest absolute Gasteiger partial charge is 0.348 e. The summed E-state index contributed by atoms with van der Waals surface area (Å²) in [5.41, 5.74) is 0.463. The van der Waals surface area contributed by atoms with E-state index in [0.29, 0.717) is 23.7 Å². The molecule has 24 heavy (non-hydrogen) atoms. The zero-order chi connectivity index (χ0) is 17.7. The molecule has 1 fully saturated rings. The van der Waals surface area contributed by atoms with E-state index in [9.17, 15) is 9.59 Å². The summed E-state index contributed by atoms with van der Waals surface area (Å²) in [5, 5.41) is 0. The molecule has 0 amide bonds. The van der Waals surface area contributed by atoms with Gasteiger partial charge in [-0.2, -0.15) is 0 Å². The summed E-state index contributed by atoms with van der Waals surface area (Å²) in [7, 11) is 1.55. The number of carbonyl (C=O) groups is 2. The van der Waals surface area contributed by atoms with Crippen LogP contribution in [-0.4, -0.2) is 31.4 Å². The summed E-state index contributed by atoms with van der Waals surface area (Å²) in [6, 6.07) is 5.15. The van der Waals surface area contributed by atoms with Gasteiger partial charge < -0.3 is 18.9 Å². The maximum Gasteiger partial charge on any atom is 0.348 e. The van der Waals surface area contributed by atoms with Crippen LogP contribution in [0.3, 0.4) is 0 Å². The van der Waals surface area contributed by atoms with E-state index in [1.165, 1.54) is 19.9 Å². The molecule has 0 saturated carbocycles. The third kappa shape index (κ3) is 4.28. The molecule has 1 heterocycles. The van der Waals surface area contributed by atoms with Gasteiger partial charge in [0.25, 0.3) is 5.79 Å². The Morgan fingerprint density at radius 2 is 1.79 bits per heavy atom. The van der Waals surface area contributed by atoms with E-state index < -0.39 is 17.7 Å². The number of methoxy groups -OCH3 is 1. The molecule has 0 radical (unpaired) electrons. The van der Waals surface area contributed by atoms with Crippen molar-refractivity contribution in [1.29, 1.82) is 0 Å². The molecular weight excluding hydrogens is 312 g/mol. The van der Waals surface area contributed by atoms with Crippen LogP contribution >= 0.6 is 0 Å². The summed E-state index contributed by atoms with van der Waals surface area (Å²) in [4.78, 5) is 24.0. The molecule has 1 aromatic carbocycles. The zero-order valence-electron chi connectivity index (χ0n) is 14.4. The fourth-order valence-corrected chi connectivity index (χ4v) is 2.17. The average molecular weight is 334 g/mol. The molecule has 1 saturated heterocycles. The van der Waals surface area contributed by atoms with E-state index >= 15 is 0 Å². The van der Waals surface area contributed by atoms with Crippen molar-refractivity contribution in [2.24, 2.45) is 0 Å². The maximum absolute atomic E-state index is 12.0. The van der Waals surface area contributed by atoms with Crippen molar-refractivity contribution in [3.8, 4) is 11.5 Å². The van der Waals surface area contributed by atoms with Crippen molar-refractivity contribution < 1.29 is 28.5 Å². The van der Waals surface area contributed by atoms with Crippen LogP contribution in [0, 0.1) is 0 Å². The Labute approximate surface area is 141 Å². The standard InChI is InChI=1S/C18H22O6/c1-5-6-9-22-15-11-12(7-8-14(15)21-4)10-13-16(19)23-18(2,3)24-17(13)20/h7-8,10-11H,5-6,9H2,1-4H3. The first-order valence-corrected chi connectivity index (χ1v) is 7.85. The van der Waals surface area contributed by atoms with Crippen molar-refractivity contribution in [1.82, 2.24) is 0 Å². The number of cyclic esters (lactones) is 2. The maximum atomic E-state index is 12.0. The van der Waals surface area contributed by atoms with Crippen LogP contribution in [-0.2, 0) is 19.1 Å². The predicted octanol–water partition coefficient (Wildman–Crippen LogP) is 3.09. The lowest BCUT2D eigenvalue weighted by Gasteiger charge is -2.29. The van der Waals surface area contributed by atoms with Gasteiger partial charge in [-0.15, -0.1) is 0 Å². The number of carbonyl (C=O) groups excluding carboxylic acids is 2. The molecule has 0 aromatic heterocycles. The highest BCUT2D eigenvalue weighted by atomic mass is 16.7. The minimum absolute atomic E-state index is 0.154. The fraction of sp³-hybridized carbons (Fsp3) is 0.444. The molecule has 0 aliphatic carbocycles. The zero-order valence-corrected chi connectivity index (χ0v) is 14.4. The third-order valence-corrected chi connectivity index (χ3v) is 3.37. The van der Waals surface area contributed by atoms with Gasteiger partial charge in [-0.25, -0.2) is 9.59 Å². The number of unbranched alkanes of at least 4 members (excludes halogenated alkanes) is 1. The second kappa shape index (κ2) is 7.38. The van der Waals surface area contributed by atoms with Crippen LogP contribution in [0.2, 0.25) is 0 Å². The van der Waals surface area contributed by atoms with Crippen molar-refractivity contribution in [3.63, 3.8) is 0 Å². The summed E-state index contributed by atoms with van der Waals surface area (Å²) < 4.78 is 21.1. The van der Waals surface area contributed by atoms with Crippen LogP contribution in [0.5, 0.6) is 11.5 Å². The Morgan fingerprint density at radius 1 is 1.12 bits per heavy atom. The number of benzene rings is 1. The quantitative estimate of drug-likeness (QED) is 0.344. The average Bonchev–Trinajstić information content (AvgIpc) is 2.50. The van der Waals surface area contributed by atoms with Gasteiger partial charge in [0, 0.05) is 13.8 Å². The Morgan fingerprint density at radius 3 is 2.38 bits per heavy atom. The minimum Gasteiger partial charge on any atom is -0.493 e. The normalized spacial score (nSPS) is 16.2. The molecule has 0 atom stereocenters. The van der Waals surface area contributed by atoms with E-state index in [2.05, 4.69) is 6.92 Å². The lowest BCUT2D eigenvalue weighted by atomic mass is 10.1. The number of rotatable bonds is 6. The molecule has 6 heteroatoms. The largest absolute Gasteiger partial charge is 0.493 e. The lowest BCUT2D eigenvalue weighted by molar-refractivity contribution is -0.222. The second-order valence-electron chi connectivity index (χ2n) is 5.85. The van der Waals surface area contributed by atoms with Crippen LogP contribution in [0.15, 0.2) is 23.8 Å². The molecule has 1 aromatic rings. The topological polar surface area (TPSA) is 71.1 Å². The molecular formula is C18H22O6. The minimum atomic E-state index is -1.25. The van der Waals surface area contributed by atoms with E-state index in [0.717, 1.165) is 12.8 Å². The Kier molecular flexibility index (Phi) is 5.49. The van der Waals surface area contributed by atoms with Gasteiger partial charge in [-0.3, -0.25) is 0 Å². The third-order valence-electron chi connectivity index (χ3n) is 3.37. The first kappa shape index (κ1) is 17.8. The molecule has 0 spiro atoms. The first-order valence-electron chi connectivity index (χ1n) is 7.85. The SMILES string of the molecule is CCCCOc1cc(C=C2C(=O)OC(C)(C)OC2=O)ccc1OC. The van der Waals surface area contributed by atoms with Gasteiger partial charge in [0.2, 0.25) is 0 Å². The molecule has 0 N–H and O–H groups in total. The molecule has 1 aliphatic heterocycles. The van der Waals surface area contributed by atoms with Crippen molar-refractivity contribution >= 4 is 18.0 Å². The van der Waals surface area contributed by atoms with Gasteiger partial charge in [-0.05, 0) is 30.2 Å². The predicted molar refractivity (Wildman–Crippen MR) is 87.6 cm³/mol. The number of esters is 2. The summed E-state index contributed by atoms with van der Waals surface area (Å²) in [6.45, 7) is 5.65. The van der Waals surface area contributed by atoms with Crippen LogP contribution in [0.4, 0.5) is 0 Å². The van der Waals surface area contributed by atoms with Crippen LogP contribution < -0.4 is 9.47 Å². The highest BCUT2D eigenvalue weighted by Gasteiger charge is 2.38. The molecule has 130 valence electrons. The van der Waals surface area contributed by atoms with Crippen molar-refractivity contribution in [3.05, 3.63) is 29.3 Å². The second-order valence-corrected chi connectivity index (χ2v) is 5.85. The Balaban J connectivity index is 2.27. The van der Waals surface area contributed by atoms with Crippen molar-refractivity contribution in [2.75, 3.05) is 13.7 Å². The van der Waals surface area contributed by atoms with E-state index in [4.69, 9.17) is 18.9 Å². The van der Waals surface area contributed by atoms with Crippen molar-refractivity contribution in [2.45, 2.75) is 39.4 Å². The van der Waals surface area contributed by atoms with Gasteiger partial charge >= 0.3 is 11.9 Å². The van der Waals surface area contributed by atoms with Crippen LogP contribution in [0.1, 0.15) is 39.2 Å². The molecule has 0 unspecified atom stereocenters. The Hall–Kier alpha value is -2.50. The molecule has 2 rings (SSSR count). The molecule has 1 aliphatic rings. The highest BCUT2D eigenvalue weighted by molar-refractivity contribution is 6.18. The number of hydrogen-bond donors (Lipinski definition) is 0. The molecule has 6 nitrogen and oxygen atoms in total. The Bertz CT molecular complexity index is 637. The highest BCUT2D eigenvalue weighted by Crippen LogP contribution is 2.30. The van der Waals surface area contributed by atoms with E-state index in [1.807, 2.05) is 0 Å². The van der Waals surface area contributed by atoms with E-state index in [-0.39, 0.29) is 5.57 Å². The van der Waals surface area contributed by atoms with Gasteiger partial charge in [0.1, 0.15) is 5.57 Å². The summed E-state index contributed by atoms with van der Waals surface area (Å²) in [6.07, 6.45) is 3.35.